The molecule has 0 aliphatic carbocycles. The Labute approximate surface area is 132 Å². The first-order chi connectivity index (χ1) is 11.1. The molecule has 1 aromatic heterocycles. The molecule has 2 heterocycles. The molecule has 6 heteroatoms. The Hall–Kier alpha value is -2.76. The van der Waals surface area contributed by atoms with Crippen LogP contribution in [0, 0.1) is 5.82 Å². The van der Waals surface area contributed by atoms with E-state index in [0.717, 1.165) is 0 Å². The molecule has 3 rings (SSSR count). The van der Waals surface area contributed by atoms with Crippen molar-refractivity contribution >= 4 is 11.9 Å². The number of amides is 1. The van der Waals surface area contributed by atoms with Crippen molar-refractivity contribution in [3.8, 4) is 11.3 Å². The molecular formula is C17H15FN2O3. The number of carbonyl (C=O) groups excluding carboxylic acids is 1. The van der Waals surface area contributed by atoms with Crippen molar-refractivity contribution < 1.29 is 19.1 Å². The van der Waals surface area contributed by atoms with Gasteiger partial charge >= 0.3 is 5.97 Å². The minimum Gasteiger partial charge on any atom is -0.480 e. The van der Waals surface area contributed by atoms with Gasteiger partial charge in [0.05, 0.1) is 11.3 Å². The maximum Gasteiger partial charge on any atom is 0.326 e. The van der Waals surface area contributed by atoms with Crippen LogP contribution >= 0.6 is 0 Å². The maximum absolute atomic E-state index is 13.7. The highest BCUT2D eigenvalue weighted by atomic mass is 19.1. The zero-order chi connectivity index (χ0) is 16.4. The molecule has 1 aromatic carbocycles. The largest absolute Gasteiger partial charge is 0.480 e. The number of nitrogens with zero attached hydrogens (tertiary/aromatic N) is 2. The fourth-order valence-corrected chi connectivity index (χ4v) is 2.78. The number of carboxylic acid groups (broad SMARTS) is 1. The van der Waals surface area contributed by atoms with E-state index in [1.807, 2.05) is 0 Å². The number of benzene rings is 1. The van der Waals surface area contributed by atoms with Gasteiger partial charge < -0.3 is 10.0 Å². The molecule has 2 aromatic rings. The van der Waals surface area contributed by atoms with E-state index < -0.39 is 12.0 Å². The molecule has 1 amide bonds. The molecule has 118 valence electrons. The number of halogens is 1. The van der Waals surface area contributed by atoms with Gasteiger partial charge in [-0.1, -0.05) is 12.1 Å². The summed E-state index contributed by atoms with van der Waals surface area (Å²) in [4.78, 5) is 29.1. The summed E-state index contributed by atoms with van der Waals surface area (Å²) < 4.78 is 13.7. The minimum absolute atomic E-state index is 0.304. The Morgan fingerprint density at radius 3 is 2.65 bits per heavy atom. The normalized spacial score (nSPS) is 17.3. The van der Waals surface area contributed by atoms with E-state index in [1.165, 1.54) is 17.2 Å². The van der Waals surface area contributed by atoms with Crippen molar-refractivity contribution in [3.05, 3.63) is 54.0 Å². The van der Waals surface area contributed by atoms with Crippen LogP contribution in [0.2, 0.25) is 0 Å². The van der Waals surface area contributed by atoms with Crippen LogP contribution in [0.3, 0.4) is 0 Å². The van der Waals surface area contributed by atoms with Crippen LogP contribution < -0.4 is 0 Å². The number of carboxylic acids is 1. The average molecular weight is 314 g/mol. The van der Waals surface area contributed by atoms with E-state index in [4.69, 9.17) is 5.11 Å². The second kappa shape index (κ2) is 6.16. The summed E-state index contributed by atoms with van der Waals surface area (Å²) >= 11 is 0. The van der Waals surface area contributed by atoms with E-state index in [2.05, 4.69) is 4.98 Å². The lowest BCUT2D eigenvalue weighted by molar-refractivity contribution is -0.141. The summed E-state index contributed by atoms with van der Waals surface area (Å²) in [7, 11) is 0. The van der Waals surface area contributed by atoms with E-state index in [9.17, 15) is 14.0 Å². The Bertz CT molecular complexity index is 746. The summed E-state index contributed by atoms with van der Waals surface area (Å²) in [6.07, 6.45) is 2.49. The fourth-order valence-electron chi connectivity index (χ4n) is 2.78. The monoisotopic (exact) mass is 314 g/mol. The Morgan fingerprint density at radius 1 is 1.22 bits per heavy atom. The average Bonchev–Trinajstić information content (AvgIpc) is 3.05. The summed E-state index contributed by atoms with van der Waals surface area (Å²) in [5, 5.41) is 9.15. The zero-order valence-electron chi connectivity index (χ0n) is 12.3. The van der Waals surface area contributed by atoms with E-state index in [0.29, 0.717) is 36.2 Å². The molecule has 1 fully saturated rings. The topological polar surface area (TPSA) is 70.5 Å². The lowest BCUT2D eigenvalue weighted by Crippen LogP contribution is -2.40. The predicted molar refractivity (Wildman–Crippen MR) is 81.3 cm³/mol. The third-order valence-electron chi connectivity index (χ3n) is 3.96. The summed E-state index contributed by atoms with van der Waals surface area (Å²) in [6, 6.07) is 8.59. The molecule has 0 bridgehead atoms. The third-order valence-corrected chi connectivity index (χ3v) is 3.96. The van der Waals surface area contributed by atoms with Crippen molar-refractivity contribution in [2.75, 3.05) is 6.54 Å². The molecule has 1 aliphatic rings. The van der Waals surface area contributed by atoms with Gasteiger partial charge in [0, 0.05) is 18.3 Å². The lowest BCUT2D eigenvalue weighted by atomic mass is 10.1. The lowest BCUT2D eigenvalue weighted by Gasteiger charge is -2.21. The van der Waals surface area contributed by atoms with E-state index >= 15 is 0 Å². The van der Waals surface area contributed by atoms with Gasteiger partial charge in [-0.2, -0.15) is 0 Å². The quantitative estimate of drug-likeness (QED) is 0.945. The SMILES string of the molecule is O=C(O)C1CCCN1C(=O)c1ccc(-c2ccccc2F)nc1. The molecule has 1 unspecified atom stereocenters. The van der Waals surface area contributed by atoms with Crippen molar-refractivity contribution in [3.63, 3.8) is 0 Å². The molecule has 1 aliphatic heterocycles. The minimum atomic E-state index is -0.994. The summed E-state index contributed by atoms with van der Waals surface area (Å²) in [5.74, 6) is -1.74. The first-order valence-electron chi connectivity index (χ1n) is 7.32. The number of pyridine rings is 1. The predicted octanol–water partition coefficient (Wildman–Crippen LogP) is 2.58. The highest BCUT2D eigenvalue weighted by Gasteiger charge is 2.34. The molecule has 5 nitrogen and oxygen atoms in total. The Balaban J connectivity index is 1.84. The Kier molecular flexibility index (Phi) is 4.06. The van der Waals surface area contributed by atoms with Gasteiger partial charge in [0.2, 0.25) is 0 Å². The first-order valence-corrected chi connectivity index (χ1v) is 7.32. The van der Waals surface area contributed by atoms with Crippen LogP contribution in [0.15, 0.2) is 42.6 Å². The number of aromatic nitrogens is 1. The van der Waals surface area contributed by atoms with Crippen molar-refractivity contribution in [1.29, 1.82) is 0 Å². The van der Waals surface area contributed by atoms with Crippen molar-refractivity contribution in [2.45, 2.75) is 18.9 Å². The van der Waals surface area contributed by atoms with Crippen LogP contribution in [-0.4, -0.2) is 39.5 Å². The number of hydrogen-bond acceptors (Lipinski definition) is 3. The molecule has 0 radical (unpaired) electrons. The van der Waals surface area contributed by atoms with Crippen LogP contribution in [0.25, 0.3) is 11.3 Å². The van der Waals surface area contributed by atoms with Crippen LogP contribution in [0.4, 0.5) is 4.39 Å². The van der Waals surface area contributed by atoms with Gasteiger partial charge in [-0.05, 0) is 37.1 Å². The van der Waals surface area contributed by atoms with Crippen molar-refractivity contribution in [2.24, 2.45) is 0 Å². The maximum atomic E-state index is 13.7. The van der Waals surface area contributed by atoms with Gasteiger partial charge in [0.25, 0.3) is 5.91 Å². The van der Waals surface area contributed by atoms with Crippen LogP contribution in [-0.2, 0) is 4.79 Å². The Morgan fingerprint density at radius 2 is 2.00 bits per heavy atom. The van der Waals surface area contributed by atoms with E-state index in [-0.39, 0.29) is 11.7 Å². The molecule has 0 spiro atoms. The number of likely N-dealkylation sites (tertiary alicyclic amines) is 1. The van der Waals surface area contributed by atoms with Gasteiger partial charge in [0.1, 0.15) is 11.9 Å². The van der Waals surface area contributed by atoms with Crippen molar-refractivity contribution in [1.82, 2.24) is 9.88 Å². The first kappa shape index (κ1) is 15.1. The number of aliphatic carboxylic acids is 1. The summed E-state index contributed by atoms with van der Waals surface area (Å²) in [5.41, 5.74) is 1.09. The number of carbonyl (C=O) groups is 2. The molecule has 1 saturated heterocycles. The molecule has 0 saturated carbocycles. The third kappa shape index (κ3) is 2.92. The van der Waals surface area contributed by atoms with Gasteiger partial charge in [-0.25, -0.2) is 9.18 Å². The zero-order valence-corrected chi connectivity index (χ0v) is 12.3. The van der Waals surface area contributed by atoms with Crippen LogP contribution in [0.1, 0.15) is 23.2 Å². The van der Waals surface area contributed by atoms with Gasteiger partial charge in [-0.3, -0.25) is 9.78 Å². The fraction of sp³-hybridized carbons (Fsp3) is 0.235. The molecule has 1 atom stereocenters. The molecule has 1 N–H and O–H groups in total. The smallest absolute Gasteiger partial charge is 0.326 e. The number of rotatable bonds is 3. The molecule has 23 heavy (non-hydrogen) atoms. The van der Waals surface area contributed by atoms with Gasteiger partial charge in [-0.15, -0.1) is 0 Å². The van der Waals surface area contributed by atoms with Gasteiger partial charge in [0.15, 0.2) is 0 Å². The molecular weight excluding hydrogens is 299 g/mol. The standard InChI is InChI=1S/C17H15FN2O3/c18-13-5-2-1-4-12(13)14-8-7-11(10-19-14)16(21)20-9-3-6-15(20)17(22)23/h1-2,4-5,7-8,10,15H,3,6,9H2,(H,22,23). The second-order valence-corrected chi connectivity index (χ2v) is 5.41. The highest BCUT2D eigenvalue weighted by molar-refractivity contribution is 5.96. The number of hydrogen-bond donors (Lipinski definition) is 1. The second-order valence-electron chi connectivity index (χ2n) is 5.41. The van der Waals surface area contributed by atoms with Crippen LogP contribution in [0.5, 0.6) is 0 Å². The summed E-state index contributed by atoms with van der Waals surface area (Å²) in [6.45, 7) is 0.421. The highest BCUT2D eigenvalue weighted by Crippen LogP contribution is 2.23. The van der Waals surface area contributed by atoms with E-state index in [1.54, 1.807) is 30.3 Å².